The summed E-state index contributed by atoms with van der Waals surface area (Å²) in [4.78, 5) is 25.5. The lowest BCUT2D eigenvalue weighted by atomic mass is 9.92. The van der Waals surface area contributed by atoms with E-state index in [1.54, 1.807) is 0 Å². The molecule has 2 aliphatic heterocycles. The van der Waals surface area contributed by atoms with Crippen molar-refractivity contribution < 1.29 is 9.53 Å². The van der Waals surface area contributed by atoms with Gasteiger partial charge in [0.25, 0.3) is 5.91 Å². The molecule has 8 nitrogen and oxygen atoms in total. The molecule has 2 aromatic heterocycles. The van der Waals surface area contributed by atoms with Gasteiger partial charge in [-0.2, -0.15) is 5.10 Å². The van der Waals surface area contributed by atoms with Crippen LogP contribution in [-0.2, 0) is 13.6 Å². The highest BCUT2D eigenvalue weighted by atomic mass is 16.5. The second-order valence-corrected chi connectivity index (χ2v) is 7.47. The van der Waals surface area contributed by atoms with E-state index in [1.807, 2.05) is 22.8 Å². The first kappa shape index (κ1) is 17.9. The fourth-order valence-electron chi connectivity index (χ4n) is 4.20. The molecule has 2 aromatic rings. The topological polar surface area (TPSA) is 76.4 Å². The molecular formula is C19H26N6O2. The van der Waals surface area contributed by atoms with Crippen LogP contribution in [0.2, 0.25) is 0 Å². The van der Waals surface area contributed by atoms with Gasteiger partial charge >= 0.3 is 0 Å². The van der Waals surface area contributed by atoms with Gasteiger partial charge in [-0.25, -0.2) is 9.97 Å². The fraction of sp³-hybridized carbons (Fsp3) is 0.579. The smallest absolute Gasteiger partial charge is 0.274 e. The van der Waals surface area contributed by atoms with E-state index in [-0.39, 0.29) is 5.91 Å². The molecule has 4 heterocycles. The van der Waals surface area contributed by atoms with Gasteiger partial charge in [-0.05, 0) is 43.8 Å². The van der Waals surface area contributed by atoms with Crippen LogP contribution in [0.3, 0.4) is 0 Å². The third-order valence-electron chi connectivity index (χ3n) is 5.86. The largest absolute Gasteiger partial charge is 0.480 e. The summed E-state index contributed by atoms with van der Waals surface area (Å²) in [6.45, 7) is 4.71. The molecule has 0 spiro atoms. The monoisotopic (exact) mass is 370 g/mol. The van der Waals surface area contributed by atoms with Gasteiger partial charge in [0.2, 0.25) is 5.88 Å². The Kier molecular flexibility index (Phi) is 5.07. The van der Waals surface area contributed by atoms with E-state index >= 15 is 0 Å². The van der Waals surface area contributed by atoms with E-state index in [9.17, 15) is 4.79 Å². The van der Waals surface area contributed by atoms with Crippen molar-refractivity contribution in [3.63, 3.8) is 0 Å². The molecule has 0 unspecified atom stereocenters. The number of hydrogen-bond donors (Lipinski definition) is 0. The Morgan fingerprint density at radius 1 is 1.19 bits per heavy atom. The number of methoxy groups -OCH3 is 1. The van der Waals surface area contributed by atoms with Crippen molar-refractivity contribution >= 4 is 5.91 Å². The van der Waals surface area contributed by atoms with Crippen molar-refractivity contribution in [2.45, 2.75) is 19.4 Å². The molecule has 27 heavy (non-hydrogen) atoms. The van der Waals surface area contributed by atoms with Crippen LogP contribution in [0, 0.1) is 11.8 Å². The highest BCUT2D eigenvalue weighted by Crippen LogP contribution is 2.32. The number of rotatable bonds is 4. The van der Waals surface area contributed by atoms with Gasteiger partial charge < -0.3 is 9.64 Å². The maximum absolute atomic E-state index is 12.8. The van der Waals surface area contributed by atoms with Crippen molar-refractivity contribution in [3.05, 3.63) is 36.0 Å². The molecule has 0 aliphatic carbocycles. The SMILES string of the molecule is COc1cnc(C(=O)N2C[C@H]3CCN(Cc4ccnn4C)CC[C@H]3C2)cn1. The van der Waals surface area contributed by atoms with Gasteiger partial charge in [-0.15, -0.1) is 0 Å². The number of carbonyl (C=O) groups is 1. The van der Waals surface area contributed by atoms with Crippen molar-refractivity contribution in [2.24, 2.45) is 18.9 Å². The van der Waals surface area contributed by atoms with Gasteiger partial charge in [-0.3, -0.25) is 14.4 Å². The summed E-state index contributed by atoms with van der Waals surface area (Å²) in [5, 5.41) is 4.26. The second kappa shape index (κ2) is 7.64. The number of amides is 1. The molecule has 1 amide bonds. The van der Waals surface area contributed by atoms with E-state index in [0.29, 0.717) is 23.4 Å². The predicted molar refractivity (Wildman–Crippen MR) is 99.2 cm³/mol. The summed E-state index contributed by atoms with van der Waals surface area (Å²) < 4.78 is 6.96. The van der Waals surface area contributed by atoms with Crippen LogP contribution in [0.25, 0.3) is 0 Å². The third-order valence-corrected chi connectivity index (χ3v) is 5.86. The molecule has 0 N–H and O–H groups in total. The maximum atomic E-state index is 12.8. The van der Waals surface area contributed by atoms with Crippen LogP contribution in [0.15, 0.2) is 24.7 Å². The molecule has 2 saturated heterocycles. The predicted octanol–water partition coefficient (Wildman–Crippen LogP) is 1.20. The molecule has 0 aromatic carbocycles. The molecule has 2 aliphatic rings. The first-order chi connectivity index (χ1) is 13.1. The van der Waals surface area contributed by atoms with Gasteiger partial charge in [-0.1, -0.05) is 0 Å². The van der Waals surface area contributed by atoms with E-state index in [0.717, 1.165) is 45.6 Å². The van der Waals surface area contributed by atoms with Crippen molar-refractivity contribution in [1.29, 1.82) is 0 Å². The maximum Gasteiger partial charge on any atom is 0.274 e. The van der Waals surface area contributed by atoms with Gasteiger partial charge in [0.05, 0.1) is 25.2 Å². The lowest BCUT2D eigenvalue weighted by Crippen LogP contribution is -2.31. The Bertz CT molecular complexity index is 774. The Morgan fingerprint density at radius 3 is 2.48 bits per heavy atom. The number of likely N-dealkylation sites (tertiary alicyclic amines) is 2. The van der Waals surface area contributed by atoms with Crippen LogP contribution in [0.5, 0.6) is 5.88 Å². The fourth-order valence-corrected chi connectivity index (χ4v) is 4.20. The second-order valence-electron chi connectivity index (χ2n) is 7.47. The Hall–Kier alpha value is -2.48. The van der Waals surface area contributed by atoms with E-state index in [4.69, 9.17) is 4.74 Å². The van der Waals surface area contributed by atoms with Crippen LogP contribution >= 0.6 is 0 Å². The number of ether oxygens (including phenoxy) is 1. The minimum absolute atomic E-state index is 0.0232. The molecule has 8 heteroatoms. The van der Waals surface area contributed by atoms with Gasteiger partial charge in [0.1, 0.15) is 5.69 Å². The minimum atomic E-state index is -0.0232. The molecular weight excluding hydrogens is 344 g/mol. The average Bonchev–Trinajstić information content (AvgIpc) is 3.24. The Labute approximate surface area is 159 Å². The van der Waals surface area contributed by atoms with Crippen LogP contribution in [0.4, 0.5) is 0 Å². The zero-order chi connectivity index (χ0) is 18.8. The molecule has 2 fully saturated rings. The van der Waals surface area contributed by atoms with Crippen LogP contribution in [-0.4, -0.2) is 68.7 Å². The van der Waals surface area contributed by atoms with E-state index in [2.05, 4.69) is 26.0 Å². The zero-order valence-corrected chi connectivity index (χ0v) is 15.9. The quantitative estimate of drug-likeness (QED) is 0.805. The number of aryl methyl sites for hydroxylation is 1. The molecule has 0 radical (unpaired) electrons. The van der Waals surface area contributed by atoms with Crippen molar-refractivity contribution in [2.75, 3.05) is 33.3 Å². The van der Waals surface area contributed by atoms with Crippen molar-refractivity contribution in [3.8, 4) is 5.88 Å². The lowest BCUT2D eigenvalue weighted by Gasteiger charge is -2.21. The third kappa shape index (κ3) is 3.80. The molecule has 144 valence electrons. The normalized spacial score (nSPS) is 23.1. The first-order valence-corrected chi connectivity index (χ1v) is 9.48. The summed E-state index contributed by atoms with van der Waals surface area (Å²) in [5.41, 5.74) is 1.64. The highest BCUT2D eigenvalue weighted by molar-refractivity contribution is 5.92. The van der Waals surface area contributed by atoms with Gasteiger partial charge in [0.15, 0.2) is 0 Å². The highest BCUT2D eigenvalue weighted by Gasteiger charge is 2.37. The number of nitrogens with zero attached hydrogens (tertiary/aromatic N) is 6. The summed E-state index contributed by atoms with van der Waals surface area (Å²) in [5.74, 6) is 1.53. The number of fused-ring (bicyclic) bond motifs is 1. The number of hydrogen-bond acceptors (Lipinski definition) is 6. The molecule has 0 bridgehead atoms. The lowest BCUT2D eigenvalue weighted by molar-refractivity contribution is 0.0773. The first-order valence-electron chi connectivity index (χ1n) is 9.48. The molecule has 2 atom stereocenters. The van der Waals surface area contributed by atoms with E-state index < -0.39 is 0 Å². The summed E-state index contributed by atoms with van der Waals surface area (Å²) >= 11 is 0. The number of carbonyl (C=O) groups excluding carboxylic acids is 1. The van der Waals surface area contributed by atoms with Gasteiger partial charge in [0, 0.05) is 32.9 Å². The average molecular weight is 370 g/mol. The summed E-state index contributed by atoms with van der Waals surface area (Å²) in [6, 6.07) is 2.09. The van der Waals surface area contributed by atoms with Crippen LogP contribution < -0.4 is 4.74 Å². The van der Waals surface area contributed by atoms with Crippen molar-refractivity contribution in [1.82, 2.24) is 29.5 Å². The van der Waals surface area contributed by atoms with E-state index in [1.165, 1.54) is 25.2 Å². The summed E-state index contributed by atoms with van der Waals surface area (Å²) in [7, 11) is 3.53. The van der Waals surface area contributed by atoms with Crippen LogP contribution in [0.1, 0.15) is 29.0 Å². The standard InChI is InChI=1S/C19H26N6O2/c1-23-16(3-6-22-23)13-24-7-4-14-11-25(12-15(14)5-8-24)19(26)17-9-21-18(27-2)10-20-17/h3,6,9-10,14-15H,4-5,7-8,11-13H2,1-2H3/t14-,15+. The molecule has 4 rings (SSSR count). The molecule has 0 saturated carbocycles. The number of aromatic nitrogens is 4. The zero-order valence-electron chi connectivity index (χ0n) is 15.9. The Morgan fingerprint density at radius 2 is 1.93 bits per heavy atom. The Balaban J connectivity index is 1.34. The summed E-state index contributed by atoms with van der Waals surface area (Å²) in [6.07, 6.45) is 7.11. The minimum Gasteiger partial charge on any atom is -0.480 e.